The Kier molecular flexibility index (Phi) is 3.32. The van der Waals surface area contributed by atoms with Crippen molar-refractivity contribution in [3.63, 3.8) is 0 Å². The second-order valence-corrected chi connectivity index (χ2v) is 4.03. The Morgan fingerprint density at radius 3 is 2.94 bits per heavy atom. The van der Waals surface area contributed by atoms with Crippen molar-refractivity contribution < 1.29 is 5.11 Å². The van der Waals surface area contributed by atoms with Crippen LogP contribution < -0.4 is 5.32 Å². The highest BCUT2D eigenvalue weighted by Gasteiger charge is 2.05. The molecule has 1 aromatic carbocycles. The molecule has 0 amide bonds. The minimum atomic E-state index is 0.275. The van der Waals surface area contributed by atoms with Crippen molar-refractivity contribution in [2.45, 2.75) is 19.9 Å². The van der Waals surface area contributed by atoms with Gasteiger partial charge in [0, 0.05) is 37.1 Å². The summed E-state index contributed by atoms with van der Waals surface area (Å²) >= 11 is 0. The summed E-state index contributed by atoms with van der Waals surface area (Å²) in [4.78, 5) is 0. The highest BCUT2D eigenvalue weighted by atomic mass is 16.3. The topological polar surface area (TPSA) is 50.1 Å². The summed E-state index contributed by atoms with van der Waals surface area (Å²) in [6, 6.07) is 7.12. The standard InChI is InChI=1S/C13H17N3O/c1-3-13-10(9-16(2)15-13)8-14-11-5-4-6-12(17)7-11/h4-7,9,14,17H,3,8H2,1-2H3. The van der Waals surface area contributed by atoms with Gasteiger partial charge in [0.25, 0.3) is 0 Å². The lowest BCUT2D eigenvalue weighted by Crippen LogP contribution is -2.00. The van der Waals surface area contributed by atoms with E-state index in [4.69, 9.17) is 0 Å². The van der Waals surface area contributed by atoms with Crippen molar-refractivity contribution in [3.05, 3.63) is 41.7 Å². The lowest BCUT2D eigenvalue weighted by atomic mass is 10.2. The molecule has 2 N–H and O–H groups in total. The number of aromatic nitrogens is 2. The molecule has 0 saturated carbocycles. The van der Waals surface area contributed by atoms with Crippen LogP contribution in [0, 0.1) is 0 Å². The average molecular weight is 231 g/mol. The van der Waals surface area contributed by atoms with Gasteiger partial charge in [0.1, 0.15) is 5.75 Å². The van der Waals surface area contributed by atoms with Crippen LogP contribution >= 0.6 is 0 Å². The monoisotopic (exact) mass is 231 g/mol. The van der Waals surface area contributed by atoms with Crippen LogP contribution in [-0.4, -0.2) is 14.9 Å². The molecular weight excluding hydrogens is 214 g/mol. The summed E-state index contributed by atoms with van der Waals surface area (Å²) in [6.45, 7) is 2.82. The van der Waals surface area contributed by atoms with Crippen LogP contribution in [0.1, 0.15) is 18.2 Å². The summed E-state index contributed by atoms with van der Waals surface area (Å²) < 4.78 is 1.83. The van der Waals surface area contributed by atoms with E-state index in [-0.39, 0.29) is 5.75 Å². The lowest BCUT2D eigenvalue weighted by molar-refractivity contribution is 0.475. The zero-order chi connectivity index (χ0) is 12.3. The van der Waals surface area contributed by atoms with Crippen LogP contribution in [0.25, 0.3) is 0 Å². The van der Waals surface area contributed by atoms with E-state index in [1.54, 1.807) is 12.1 Å². The molecule has 2 aromatic rings. The number of aryl methyl sites for hydroxylation is 2. The molecule has 2 rings (SSSR count). The van der Waals surface area contributed by atoms with E-state index in [9.17, 15) is 5.11 Å². The second kappa shape index (κ2) is 4.91. The molecule has 0 aliphatic heterocycles. The Balaban J connectivity index is 2.06. The third-order valence-corrected chi connectivity index (χ3v) is 2.66. The molecule has 0 saturated heterocycles. The molecule has 1 aromatic heterocycles. The summed E-state index contributed by atoms with van der Waals surface area (Å²) in [7, 11) is 1.93. The molecule has 1 heterocycles. The maximum atomic E-state index is 9.36. The minimum absolute atomic E-state index is 0.275. The lowest BCUT2D eigenvalue weighted by Gasteiger charge is -2.06. The van der Waals surface area contributed by atoms with E-state index in [1.165, 1.54) is 5.56 Å². The van der Waals surface area contributed by atoms with E-state index in [0.29, 0.717) is 0 Å². The van der Waals surface area contributed by atoms with Crippen LogP contribution in [0.2, 0.25) is 0 Å². The number of nitrogens with zero attached hydrogens (tertiary/aromatic N) is 2. The van der Waals surface area contributed by atoms with E-state index >= 15 is 0 Å². The molecule has 4 heteroatoms. The first kappa shape index (κ1) is 11.5. The van der Waals surface area contributed by atoms with Crippen molar-refractivity contribution >= 4 is 5.69 Å². The summed E-state index contributed by atoms with van der Waals surface area (Å²) in [5, 5.41) is 17.0. The molecule has 0 aliphatic carbocycles. The Morgan fingerprint density at radius 1 is 1.41 bits per heavy atom. The zero-order valence-corrected chi connectivity index (χ0v) is 10.1. The number of hydrogen-bond donors (Lipinski definition) is 2. The summed E-state index contributed by atoms with van der Waals surface area (Å²) in [6.07, 6.45) is 2.95. The number of rotatable bonds is 4. The van der Waals surface area contributed by atoms with Gasteiger partial charge in [0.15, 0.2) is 0 Å². The molecule has 90 valence electrons. The number of aromatic hydroxyl groups is 1. The second-order valence-electron chi connectivity index (χ2n) is 4.03. The Hall–Kier alpha value is -1.97. The fourth-order valence-corrected chi connectivity index (χ4v) is 1.84. The third-order valence-electron chi connectivity index (χ3n) is 2.66. The maximum absolute atomic E-state index is 9.36. The van der Waals surface area contributed by atoms with Crippen LogP contribution in [0.3, 0.4) is 0 Å². The highest BCUT2D eigenvalue weighted by molar-refractivity contribution is 5.48. The zero-order valence-electron chi connectivity index (χ0n) is 10.1. The van der Waals surface area contributed by atoms with Crippen LogP contribution in [0.15, 0.2) is 30.5 Å². The van der Waals surface area contributed by atoms with Gasteiger partial charge in [-0.15, -0.1) is 0 Å². The molecule has 0 unspecified atom stereocenters. The molecule has 0 fully saturated rings. The predicted octanol–water partition coefficient (Wildman–Crippen LogP) is 2.30. The van der Waals surface area contributed by atoms with E-state index < -0.39 is 0 Å². The molecule has 0 aliphatic rings. The largest absolute Gasteiger partial charge is 0.508 e. The number of anilines is 1. The van der Waals surface area contributed by atoms with Crippen LogP contribution in [-0.2, 0) is 20.0 Å². The summed E-state index contributed by atoms with van der Waals surface area (Å²) in [5.41, 5.74) is 3.22. The van der Waals surface area contributed by atoms with Crippen LogP contribution in [0.5, 0.6) is 5.75 Å². The first-order valence-corrected chi connectivity index (χ1v) is 5.73. The molecule has 0 atom stereocenters. The van der Waals surface area contributed by atoms with Gasteiger partial charge in [-0.05, 0) is 18.6 Å². The summed E-state index contributed by atoms with van der Waals surface area (Å²) in [5.74, 6) is 0.275. The fourth-order valence-electron chi connectivity index (χ4n) is 1.84. The van der Waals surface area contributed by atoms with Gasteiger partial charge in [0.05, 0.1) is 5.69 Å². The third kappa shape index (κ3) is 2.78. The first-order valence-electron chi connectivity index (χ1n) is 5.73. The van der Waals surface area contributed by atoms with E-state index in [2.05, 4.69) is 17.3 Å². The first-order chi connectivity index (χ1) is 8.19. The van der Waals surface area contributed by atoms with Crippen molar-refractivity contribution in [2.75, 3.05) is 5.32 Å². The van der Waals surface area contributed by atoms with Gasteiger partial charge in [-0.2, -0.15) is 5.10 Å². The molecule has 0 radical (unpaired) electrons. The molecule has 0 bridgehead atoms. The van der Waals surface area contributed by atoms with Crippen LogP contribution in [0.4, 0.5) is 5.69 Å². The Bertz CT molecular complexity index is 505. The number of benzene rings is 1. The van der Waals surface area contributed by atoms with E-state index in [0.717, 1.165) is 24.3 Å². The smallest absolute Gasteiger partial charge is 0.117 e. The Morgan fingerprint density at radius 2 is 2.24 bits per heavy atom. The van der Waals surface area contributed by atoms with Crippen molar-refractivity contribution in [2.24, 2.45) is 7.05 Å². The Labute approximate surface area is 101 Å². The number of phenolic OH excluding ortho intramolecular Hbond substituents is 1. The molecular formula is C13H17N3O. The number of phenols is 1. The van der Waals surface area contributed by atoms with Gasteiger partial charge in [-0.25, -0.2) is 0 Å². The normalized spacial score (nSPS) is 10.5. The molecule has 17 heavy (non-hydrogen) atoms. The van der Waals surface area contributed by atoms with Gasteiger partial charge >= 0.3 is 0 Å². The van der Waals surface area contributed by atoms with E-state index in [1.807, 2.05) is 30.1 Å². The maximum Gasteiger partial charge on any atom is 0.117 e. The highest BCUT2D eigenvalue weighted by Crippen LogP contribution is 2.17. The SMILES string of the molecule is CCc1nn(C)cc1CNc1cccc(O)c1. The minimum Gasteiger partial charge on any atom is -0.508 e. The quantitative estimate of drug-likeness (QED) is 0.849. The molecule has 0 spiro atoms. The van der Waals surface area contributed by atoms with Gasteiger partial charge in [0.2, 0.25) is 0 Å². The average Bonchev–Trinajstić information content (AvgIpc) is 2.67. The van der Waals surface area contributed by atoms with Crippen molar-refractivity contribution in [3.8, 4) is 5.75 Å². The molecule has 4 nitrogen and oxygen atoms in total. The number of hydrogen-bond acceptors (Lipinski definition) is 3. The van der Waals surface area contributed by atoms with Gasteiger partial charge in [-0.1, -0.05) is 13.0 Å². The fraction of sp³-hybridized carbons (Fsp3) is 0.308. The van der Waals surface area contributed by atoms with Crippen molar-refractivity contribution in [1.29, 1.82) is 0 Å². The predicted molar refractivity (Wildman–Crippen MR) is 68.0 cm³/mol. The van der Waals surface area contributed by atoms with Gasteiger partial charge in [-0.3, -0.25) is 4.68 Å². The van der Waals surface area contributed by atoms with Gasteiger partial charge < -0.3 is 10.4 Å². The number of nitrogens with one attached hydrogen (secondary N) is 1. The van der Waals surface area contributed by atoms with Crippen molar-refractivity contribution in [1.82, 2.24) is 9.78 Å².